The fourth-order valence-corrected chi connectivity index (χ4v) is 3.22. The van der Waals surface area contributed by atoms with Crippen LogP contribution >= 0.6 is 0 Å². The molecular formula is C22H20N4O5. The summed E-state index contributed by atoms with van der Waals surface area (Å²) in [5.41, 5.74) is 1.66. The van der Waals surface area contributed by atoms with Crippen LogP contribution in [0.3, 0.4) is 0 Å². The molecule has 0 bridgehead atoms. The van der Waals surface area contributed by atoms with Gasteiger partial charge in [0.25, 0.3) is 5.91 Å². The molecule has 9 heteroatoms. The first-order valence-electron chi connectivity index (χ1n) is 9.58. The number of rotatable bonds is 6. The Morgan fingerprint density at radius 1 is 1.23 bits per heavy atom. The maximum atomic E-state index is 12.6. The molecule has 4 aromatic rings. The Labute approximate surface area is 177 Å². The van der Waals surface area contributed by atoms with E-state index in [-0.39, 0.29) is 23.7 Å². The lowest BCUT2D eigenvalue weighted by Crippen LogP contribution is -2.18. The number of amides is 1. The molecular weight excluding hydrogens is 400 g/mol. The second-order valence-electron chi connectivity index (χ2n) is 6.62. The minimum Gasteiger partial charge on any atom is -0.494 e. The van der Waals surface area contributed by atoms with E-state index in [9.17, 15) is 9.59 Å². The summed E-state index contributed by atoms with van der Waals surface area (Å²) in [6.45, 7) is 3.81. The molecule has 1 amide bonds. The number of carbonyl (C=O) groups is 2. The molecule has 0 radical (unpaired) electrons. The lowest BCUT2D eigenvalue weighted by molar-refractivity contribution is 0.0527. The van der Waals surface area contributed by atoms with Gasteiger partial charge < -0.3 is 19.2 Å². The standard InChI is InChI=1S/C22H20N4O5/c1-4-30-22(28)15-12-23-26(20(15)25-21(27)17-9-6-10-31-17)18-11-13(2)14-7-5-8-16(29-3)19(14)24-18/h5-12H,4H2,1-3H3,(H,25,27). The van der Waals surface area contributed by atoms with E-state index in [0.29, 0.717) is 17.1 Å². The molecule has 1 aromatic carbocycles. The molecule has 158 valence electrons. The SMILES string of the molecule is CCOC(=O)c1cnn(-c2cc(C)c3cccc(OC)c3n2)c1NC(=O)c1ccco1. The van der Waals surface area contributed by atoms with Crippen LogP contribution in [0.15, 0.2) is 53.3 Å². The van der Waals surface area contributed by atoms with Crippen molar-refractivity contribution < 1.29 is 23.5 Å². The van der Waals surface area contributed by atoms with Crippen LogP contribution in [0.5, 0.6) is 5.75 Å². The van der Waals surface area contributed by atoms with E-state index in [0.717, 1.165) is 10.9 Å². The average molecular weight is 420 g/mol. The molecule has 0 aliphatic heterocycles. The van der Waals surface area contributed by atoms with Gasteiger partial charge in [0.15, 0.2) is 17.4 Å². The van der Waals surface area contributed by atoms with E-state index in [4.69, 9.17) is 13.9 Å². The van der Waals surface area contributed by atoms with Gasteiger partial charge in [0.1, 0.15) is 16.8 Å². The zero-order valence-corrected chi connectivity index (χ0v) is 17.2. The maximum Gasteiger partial charge on any atom is 0.343 e. The van der Waals surface area contributed by atoms with E-state index in [1.165, 1.54) is 23.2 Å². The molecule has 0 saturated carbocycles. The van der Waals surface area contributed by atoms with E-state index in [1.807, 2.05) is 31.2 Å². The summed E-state index contributed by atoms with van der Waals surface area (Å²) in [5.74, 6) is 0.0695. The van der Waals surface area contributed by atoms with Crippen molar-refractivity contribution in [1.82, 2.24) is 14.8 Å². The van der Waals surface area contributed by atoms with E-state index in [2.05, 4.69) is 15.4 Å². The number of pyridine rings is 1. The van der Waals surface area contributed by atoms with Crippen LogP contribution in [0.1, 0.15) is 33.4 Å². The van der Waals surface area contributed by atoms with E-state index < -0.39 is 11.9 Å². The van der Waals surface area contributed by atoms with E-state index >= 15 is 0 Å². The summed E-state index contributed by atoms with van der Waals surface area (Å²) in [5, 5.41) is 7.90. The largest absolute Gasteiger partial charge is 0.494 e. The van der Waals surface area contributed by atoms with Crippen LogP contribution in [0.2, 0.25) is 0 Å². The number of nitrogens with zero attached hydrogens (tertiary/aromatic N) is 3. The van der Waals surface area contributed by atoms with Gasteiger partial charge >= 0.3 is 5.97 Å². The second kappa shape index (κ2) is 8.31. The summed E-state index contributed by atoms with van der Waals surface area (Å²) in [6, 6.07) is 10.6. The number of anilines is 1. The average Bonchev–Trinajstić information content (AvgIpc) is 3.44. The van der Waals surface area contributed by atoms with Gasteiger partial charge in [-0.05, 0) is 43.7 Å². The molecule has 0 aliphatic carbocycles. The third-order valence-corrected chi connectivity index (χ3v) is 4.67. The first kappa shape index (κ1) is 20.1. The summed E-state index contributed by atoms with van der Waals surface area (Å²) in [4.78, 5) is 29.8. The number of methoxy groups -OCH3 is 1. The van der Waals surface area contributed by atoms with Crippen LogP contribution < -0.4 is 10.1 Å². The lowest BCUT2D eigenvalue weighted by Gasteiger charge is -2.13. The number of nitrogens with one attached hydrogen (secondary N) is 1. The van der Waals surface area contributed by atoms with Gasteiger partial charge in [-0.2, -0.15) is 9.78 Å². The minimum absolute atomic E-state index is 0.0897. The predicted molar refractivity (Wildman–Crippen MR) is 113 cm³/mol. The van der Waals surface area contributed by atoms with Crippen LogP contribution in [-0.2, 0) is 4.74 Å². The fourth-order valence-electron chi connectivity index (χ4n) is 3.22. The Morgan fingerprint density at radius 2 is 2.06 bits per heavy atom. The summed E-state index contributed by atoms with van der Waals surface area (Å²) >= 11 is 0. The van der Waals surface area contributed by atoms with Crippen LogP contribution in [-0.4, -0.2) is 40.4 Å². The van der Waals surface area contributed by atoms with Gasteiger partial charge in [-0.15, -0.1) is 0 Å². The molecule has 31 heavy (non-hydrogen) atoms. The molecule has 0 spiro atoms. The molecule has 3 heterocycles. The number of furan rings is 1. The fraction of sp³-hybridized carbons (Fsp3) is 0.182. The van der Waals surface area contributed by atoms with Crippen LogP contribution in [0.4, 0.5) is 5.82 Å². The Balaban J connectivity index is 1.86. The number of carbonyl (C=O) groups excluding carboxylic acids is 2. The number of benzene rings is 1. The highest BCUT2D eigenvalue weighted by Crippen LogP contribution is 2.29. The first-order chi connectivity index (χ1) is 15.0. The maximum absolute atomic E-state index is 12.6. The molecule has 0 aliphatic rings. The van der Waals surface area contributed by atoms with Crippen molar-refractivity contribution in [2.45, 2.75) is 13.8 Å². The molecule has 4 rings (SSSR count). The van der Waals surface area contributed by atoms with E-state index in [1.54, 1.807) is 20.1 Å². The summed E-state index contributed by atoms with van der Waals surface area (Å²) < 4.78 is 17.1. The quantitative estimate of drug-likeness (QED) is 0.473. The number of aromatic nitrogens is 3. The summed E-state index contributed by atoms with van der Waals surface area (Å²) in [6.07, 6.45) is 2.72. The summed E-state index contributed by atoms with van der Waals surface area (Å²) in [7, 11) is 1.57. The third-order valence-electron chi connectivity index (χ3n) is 4.67. The minimum atomic E-state index is -0.612. The number of aryl methyl sites for hydroxylation is 1. The Morgan fingerprint density at radius 3 is 2.77 bits per heavy atom. The predicted octanol–water partition coefficient (Wildman–Crippen LogP) is 3.76. The smallest absolute Gasteiger partial charge is 0.343 e. The number of fused-ring (bicyclic) bond motifs is 1. The number of hydrogen-bond acceptors (Lipinski definition) is 7. The van der Waals surface area contributed by atoms with Gasteiger partial charge in [-0.1, -0.05) is 12.1 Å². The van der Waals surface area contributed by atoms with Gasteiger partial charge in [-0.3, -0.25) is 4.79 Å². The van der Waals surface area contributed by atoms with Crippen molar-refractivity contribution in [3.63, 3.8) is 0 Å². The van der Waals surface area contributed by atoms with Gasteiger partial charge in [-0.25, -0.2) is 9.78 Å². The van der Waals surface area contributed by atoms with Crippen molar-refractivity contribution in [1.29, 1.82) is 0 Å². The molecule has 0 saturated heterocycles. The number of para-hydroxylation sites is 1. The molecule has 1 N–H and O–H groups in total. The third kappa shape index (κ3) is 3.73. The molecule has 3 aromatic heterocycles. The normalized spacial score (nSPS) is 10.8. The molecule has 0 unspecified atom stereocenters. The van der Waals surface area contributed by atoms with Crippen LogP contribution in [0.25, 0.3) is 16.7 Å². The topological polar surface area (TPSA) is 108 Å². The van der Waals surface area contributed by atoms with Crippen molar-refractivity contribution in [2.24, 2.45) is 0 Å². The van der Waals surface area contributed by atoms with Crippen LogP contribution in [0, 0.1) is 6.92 Å². The highest BCUT2D eigenvalue weighted by atomic mass is 16.5. The highest BCUT2D eigenvalue weighted by molar-refractivity contribution is 6.06. The molecule has 0 atom stereocenters. The van der Waals surface area contributed by atoms with Crippen molar-refractivity contribution in [3.05, 3.63) is 65.7 Å². The Hall–Kier alpha value is -4.14. The van der Waals surface area contributed by atoms with Crippen molar-refractivity contribution >= 4 is 28.6 Å². The van der Waals surface area contributed by atoms with Gasteiger partial charge in [0.05, 0.1) is 26.2 Å². The zero-order valence-electron chi connectivity index (χ0n) is 17.2. The van der Waals surface area contributed by atoms with Gasteiger partial charge in [0.2, 0.25) is 0 Å². The Kier molecular flexibility index (Phi) is 5.40. The van der Waals surface area contributed by atoms with Crippen molar-refractivity contribution in [2.75, 3.05) is 19.0 Å². The molecule has 0 fully saturated rings. The number of ether oxygens (including phenoxy) is 2. The molecule has 9 nitrogen and oxygen atoms in total. The lowest BCUT2D eigenvalue weighted by atomic mass is 10.1. The number of hydrogen-bond donors (Lipinski definition) is 1. The highest BCUT2D eigenvalue weighted by Gasteiger charge is 2.24. The monoisotopic (exact) mass is 420 g/mol. The second-order valence-corrected chi connectivity index (χ2v) is 6.62. The number of esters is 1. The Bertz CT molecular complexity index is 1260. The van der Waals surface area contributed by atoms with Crippen molar-refractivity contribution in [3.8, 4) is 11.6 Å². The zero-order chi connectivity index (χ0) is 22.0. The van der Waals surface area contributed by atoms with Gasteiger partial charge in [0, 0.05) is 5.39 Å². The first-order valence-corrected chi connectivity index (χ1v) is 9.58.